The van der Waals surface area contributed by atoms with Crippen LogP contribution in [-0.4, -0.2) is 43.3 Å². The Balaban J connectivity index is 2.68. The van der Waals surface area contributed by atoms with Gasteiger partial charge in [-0.05, 0) is 19.9 Å². The summed E-state index contributed by atoms with van der Waals surface area (Å²) in [6.07, 6.45) is 0. The van der Waals surface area contributed by atoms with E-state index in [1.165, 1.54) is 0 Å². The van der Waals surface area contributed by atoms with E-state index in [1.54, 1.807) is 7.11 Å². The third kappa shape index (κ3) is 3.75. The van der Waals surface area contributed by atoms with Crippen molar-refractivity contribution in [2.24, 2.45) is 5.73 Å². The van der Waals surface area contributed by atoms with Crippen LogP contribution in [0.3, 0.4) is 0 Å². The fourth-order valence-electron chi connectivity index (χ4n) is 1.58. The molecule has 0 aliphatic rings. The summed E-state index contributed by atoms with van der Waals surface area (Å²) in [5.41, 5.74) is 7.81. The second kappa shape index (κ2) is 5.77. The van der Waals surface area contributed by atoms with Gasteiger partial charge in [0.1, 0.15) is 0 Å². The zero-order valence-electron chi connectivity index (χ0n) is 10.4. The summed E-state index contributed by atoms with van der Waals surface area (Å²) in [6, 6.07) is 1.92. The molecule has 1 aromatic heterocycles. The van der Waals surface area contributed by atoms with Gasteiger partial charge in [-0.3, -0.25) is 0 Å². The molecule has 1 atom stereocenters. The van der Waals surface area contributed by atoms with Crippen LogP contribution in [0.15, 0.2) is 6.07 Å². The average Bonchev–Trinajstić information content (AvgIpc) is 2.16. The Hall–Kier alpha value is -1.20. The lowest BCUT2D eigenvalue weighted by Crippen LogP contribution is -2.39. The number of hydrogen-bond acceptors (Lipinski definition) is 5. The van der Waals surface area contributed by atoms with Crippen molar-refractivity contribution in [3.05, 3.63) is 17.5 Å². The van der Waals surface area contributed by atoms with E-state index in [1.807, 2.05) is 31.9 Å². The molecule has 0 aliphatic carbocycles. The number of aromatic nitrogens is 2. The van der Waals surface area contributed by atoms with Gasteiger partial charge < -0.3 is 15.4 Å². The molecule has 5 nitrogen and oxygen atoms in total. The Kier molecular flexibility index (Phi) is 4.64. The topological polar surface area (TPSA) is 64.3 Å². The molecular formula is C11H20N4O. The summed E-state index contributed by atoms with van der Waals surface area (Å²) in [4.78, 5) is 10.7. The lowest BCUT2D eigenvalue weighted by atomic mass is 10.3. The molecule has 0 bridgehead atoms. The van der Waals surface area contributed by atoms with Crippen LogP contribution in [0, 0.1) is 13.8 Å². The number of likely N-dealkylation sites (N-methyl/N-ethyl adjacent to an activating group) is 1. The minimum atomic E-state index is -0.0283. The molecule has 1 rings (SSSR count). The number of nitrogens with zero attached hydrogens (tertiary/aromatic N) is 3. The third-order valence-corrected chi connectivity index (χ3v) is 2.20. The molecule has 0 radical (unpaired) electrons. The van der Waals surface area contributed by atoms with Gasteiger partial charge in [0.05, 0.1) is 6.61 Å². The molecule has 0 fully saturated rings. The van der Waals surface area contributed by atoms with Crippen molar-refractivity contribution < 1.29 is 4.74 Å². The SMILES string of the molecule is COCC(N)CN(C)c1nc(C)cc(C)n1. The maximum absolute atomic E-state index is 5.88. The first kappa shape index (κ1) is 12.9. The highest BCUT2D eigenvalue weighted by molar-refractivity contribution is 5.31. The largest absolute Gasteiger partial charge is 0.383 e. The molecule has 2 N–H and O–H groups in total. The maximum atomic E-state index is 5.88. The van der Waals surface area contributed by atoms with Crippen LogP contribution >= 0.6 is 0 Å². The summed E-state index contributed by atoms with van der Waals surface area (Å²) >= 11 is 0. The van der Waals surface area contributed by atoms with Crippen molar-refractivity contribution >= 4 is 5.95 Å². The second-order valence-electron chi connectivity index (χ2n) is 4.05. The summed E-state index contributed by atoms with van der Waals surface area (Å²) in [5, 5.41) is 0. The molecule has 0 amide bonds. The highest BCUT2D eigenvalue weighted by Crippen LogP contribution is 2.08. The smallest absolute Gasteiger partial charge is 0.225 e. The Labute approximate surface area is 96.6 Å². The number of nitrogens with two attached hydrogens (primary N) is 1. The van der Waals surface area contributed by atoms with Crippen molar-refractivity contribution in [3.63, 3.8) is 0 Å². The van der Waals surface area contributed by atoms with Gasteiger partial charge in [-0.15, -0.1) is 0 Å². The van der Waals surface area contributed by atoms with E-state index in [0.717, 1.165) is 11.4 Å². The van der Waals surface area contributed by atoms with Gasteiger partial charge in [0, 0.05) is 38.1 Å². The molecule has 16 heavy (non-hydrogen) atoms. The highest BCUT2D eigenvalue weighted by atomic mass is 16.5. The van der Waals surface area contributed by atoms with Crippen molar-refractivity contribution in [1.29, 1.82) is 0 Å². The Bertz CT molecular complexity index is 323. The van der Waals surface area contributed by atoms with E-state index in [9.17, 15) is 0 Å². The van der Waals surface area contributed by atoms with Crippen molar-refractivity contribution in [2.75, 3.05) is 32.2 Å². The average molecular weight is 224 g/mol. The normalized spacial score (nSPS) is 12.6. The molecule has 1 aromatic rings. The summed E-state index contributed by atoms with van der Waals surface area (Å²) in [7, 11) is 3.58. The number of aryl methyl sites for hydroxylation is 2. The number of ether oxygens (including phenoxy) is 1. The van der Waals surface area contributed by atoms with Gasteiger partial charge in [0.15, 0.2) is 0 Å². The molecule has 0 spiro atoms. The fourth-order valence-corrected chi connectivity index (χ4v) is 1.58. The Morgan fingerprint density at radius 2 is 1.94 bits per heavy atom. The molecule has 0 aliphatic heterocycles. The van der Waals surface area contributed by atoms with Gasteiger partial charge in [-0.2, -0.15) is 0 Å². The van der Waals surface area contributed by atoms with E-state index >= 15 is 0 Å². The van der Waals surface area contributed by atoms with Gasteiger partial charge in [-0.25, -0.2) is 9.97 Å². The fraction of sp³-hybridized carbons (Fsp3) is 0.636. The van der Waals surface area contributed by atoms with Crippen LogP contribution in [-0.2, 0) is 4.74 Å². The van der Waals surface area contributed by atoms with E-state index in [2.05, 4.69) is 9.97 Å². The number of hydrogen-bond donors (Lipinski definition) is 1. The standard InChI is InChI=1S/C11H20N4O/c1-8-5-9(2)14-11(13-8)15(3)6-10(12)7-16-4/h5,10H,6-7,12H2,1-4H3. The molecule has 1 unspecified atom stereocenters. The van der Waals surface area contributed by atoms with Gasteiger partial charge >= 0.3 is 0 Å². The zero-order chi connectivity index (χ0) is 12.1. The molecule has 0 saturated heterocycles. The number of anilines is 1. The van der Waals surface area contributed by atoms with E-state index in [-0.39, 0.29) is 6.04 Å². The quantitative estimate of drug-likeness (QED) is 0.789. The van der Waals surface area contributed by atoms with Crippen molar-refractivity contribution in [3.8, 4) is 0 Å². The zero-order valence-corrected chi connectivity index (χ0v) is 10.4. The van der Waals surface area contributed by atoms with E-state index in [0.29, 0.717) is 19.1 Å². The minimum Gasteiger partial charge on any atom is -0.383 e. The molecular weight excluding hydrogens is 204 g/mol. The van der Waals surface area contributed by atoms with Crippen LogP contribution in [0.5, 0.6) is 0 Å². The van der Waals surface area contributed by atoms with Gasteiger partial charge in [-0.1, -0.05) is 0 Å². The summed E-state index contributed by atoms with van der Waals surface area (Å²) in [6.45, 7) is 5.13. The minimum absolute atomic E-state index is 0.0283. The van der Waals surface area contributed by atoms with Crippen LogP contribution in [0.1, 0.15) is 11.4 Å². The number of rotatable bonds is 5. The molecule has 5 heteroatoms. The van der Waals surface area contributed by atoms with E-state index < -0.39 is 0 Å². The van der Waals surface area contributed by atoms with Crippen LogP contribution in [0.25, 0.3) is 0 Å². The van der Waals surface area contributed by atoms with Crippen LogP contribution in [0.4, 0.5) is 5.95 Å². The molecule has 90 valence electrons. The first-order valence-electron chi connectivity index (χ1n) is 5.31. The lowest BCUT2D eigenvalue weighted by Gasteiger charge is -2.21. The second-order valence-corrected chi connectivity index (χ2v) is 4.05. The van der Waals surface area contributed by atoms with Gasteiger partial charge in [0.25, 0.3) is 0 Å². The summed E-state index contributed by atoms with van der Waals surface area (Å²) in [5.74, 6) is 0.712. The Morgan fingerprint density at radius 1 is 1.38 bits per heavy atom. The molecule has 0 aromatic carbocycles. The third-order valence-electron chi connectivity index (χ3n) is 2.20. The Morgan fingerprint density at radius 3 is 2.44 bits per heavy atom. The van der Waals surface area contributed by atoms with Gasteiger partial charge in [0.2, 0.25) is 5.95 Å². The molecule has 0 saturated carbocycles. The highest BCUT2D eigenvalue weighted by Gasteiger charge is 2.10. The first-order valence-corrected chi connectivity index (χ1v) is 5.31. The predicted molar refractivity (Wildman–Crippen MR) is 64.6 cm³/mol. The maximum Gasteiger partial charge on any atom is 0.225 e. The van der Waals surface area contributed by atoms with E-state index in [4.69, 9.17) is 10.5 Å². The number of methoxy groups -OCH3 is 1. The van der Waals surface area contributed by atoms with Crippen LogP contribution in [0.2, 0.25) is 0 Å². The molecule has 1 heterocycles. The predicted octanol–water partition coefficient (Wildman–Crippen LogP) is 0.503. The monoisotopic (exact) mass is 224 g/mol. The first-order chi connectivity index (χ1) is 7.52. The van der Waals surface area contributed by atoms with Crippen molar-refractivity contribution in [2.45, 2.75) is 19.9 Å². The summed E-state index contributed by atoms with van der Waals surface area (Å²) < 4.78 is 5.00. The van der Waals surface area contributed by atoms with Crippen LogP contribution < -0.4 is 10.6 Å². The lowest BCUT2D eigenvalue weighted by molar-refractivity contribution is 0.181. The van der Waals surface area contributed by atoms with Crippen molar-refractivity contribution in [1.82, 2.24) is 9.97 Å².